The van der Waals surface area contributed by atoms with Crippen molar-refractivity contribution in [3.8, 4) is 0 Å². The van der Waals surface area contributed by atoms with E-state index in [9.17, 15) is 24.6 Å². The summed E-state index contributed by atoms with van der Waals surface area (Å²) in [7, 11) is 0. The van der Waals surface area contributed by atoms with Gasteiger partial charge in [-0.2, -0.15) is 0 Å². The Hall–Kier alpha value is -2.95. The largest absolute Gasteiger partial charge is 0.480 e. The molecular formula is C19H26N4O6. The van der Waals surface area contributed by atoms with E-state index < -0.39 is 48.1 Å². The molecule has 0 aliphatic carbocycles. The van der Waals surface area contributed by atoms with Crippen LogP contribution >= 0.6 is 0 Å². The molecule has 0 saturated carbocycles. The third kappa shape index (κ3) is 5.53. The summed E-state index contributed by atoms with van der Waals surface area (Å²) in [6.45, 7) is 2.47. The first-order valence-electron chi connectivity index (χ1n) is 9.12. The highest BCUT2D eigenvalue weighted by molar-refractivity contribution is 5.92. The molecule has 0 spiro atoms. The van der Waals surface area contributed by atoms with Gasteiger partial charge in [-0.15, -0.1) is 0 Å². The molecule has 1 aromatic carbocycles. The summed E-state index contributed by atoms with van der Waals surface area (Å²) < 4.78 is 0. The van der Waals surface area contributed by atoms with Crippen LogP contribution in [0.15, 0.2) is 30.5 Å². The van der Waals surface area contributed by atoms with Crippen molar-refractivity contribution in [3.63, 3.8) is 0 Å². The number of H-pyrrole nitrogens is 1. The van der Waals surface area contributed by atoms with Crippen LogP contribution < -0.4 is 16.4 Å². The van der Waals surface area contributed by atoms with Gasteiger partial charge in [0.25, 0.3) is 0 Å². The number of nitrogens with two attached hydrogens (primary N) is 1. The van der Waals surface area contributed by atoms with Crippen LogP contribution in [0, 0.1) is 0 Å². The maximum Gasteiger partial charge on any atom is 0.328 e. The number of hydrogen-bond donors (Lipinski definition) is 7. The van der Waals surface area contributed by atoms with Crippen molar-refractivity contribution in [1.82, 2.24) is 15.6 Å². The van der Waals surface area contributed by atoms with E-state index in [1.807, 2.05) is 24.3 Å². The Balaban J connectivity index is 2.06. The quantitative estimate of drug-likeness (QED) is 0.275. The van der Waals surface area contributed by atoms with Crippen molar-refractivity contribution < 1.29 is 29.7 Å². The van der Waals surface area contributed by atoms with Crippen molar-refractivity contribution in [2.75, 3.05) is 0 Å². The van der Waals surface area contributed by atoms with Gasteiger partial charge in [-0.1, -0.05) is 18.2 Å². The van der Waals surface area contributed by atoms with E-state index >= 15 is 0 Å². The van der Waals surface area contributed by atoms with E-state index in [1.54, 1.807) is 6.20 Å². The van der Waals surface area contributed by atoms with Gasteiger partial charge < -0.3 is 36.7 Å². The van der Waals surface area contributed by atoms with Gasteiger partial charge in [0, 0.05) is 17.1 Å². The highest BCUT2D eigenvalue weighted by atomic mass is 16.4. The monoisotopic (exact) mass is 406 g/mol. The summed E-state index contributed by atoms with van der Waals surface area (Å²) in [5.74, 6) is -3.07. The molecule has 2 aromatic rings. The number of benzene rings is 1. The third-order valence-corrected chi connectivity index (χ3v) is 4.56. The SMILES string of the molecule is CC(O)C(NC(=O)C(NC(=O)C(N)Cc1c[nH]c2ccccc12)C(C)O)C(=O)O. The van der Waals surface area contributed by atoms with Gasteiger partial charge in [-0.3, -0.25) is 9.59 Å². The third-order valence-electron chi connectivity index (χ3n) is 4.56. The molecule has 1 heterocycles. The molecule has 0 fully saturated rings. The molecule has 2 rings (SSSR count). The van der Waals surface area contributed by atoms with Crippen LogP contribution in [0.1, 0.15) is 19.4 Å². The van der Waals surface area contributed by atoms with Crippen molar-refractivity contribution in [3.05, 3.63) is 36.0 Å². The fraction of sp³-hybridized carbons (Fsp3) is 0.421. The van der Waals surface area contributed by atoms with Gasteiger partial charge in [0.05, 0.1) is 18.2 Å². The number of amides is 2. The Morgan fingerprint density at radius 1 is 1.03 bits per heavy atom. The zero-order valence-electron chi connectivity index (χ0n) is 16.1. The van der Waals surface area contributed by atoms with Gasteiger partial charge in [0.2, 0.25) is 11.8 Å². The molecule has 2 amide bonds. The highest BCUT2D eigenvalue weighted by Gasteiger charge is 2.32. The molecule has 10 nitrogen and oxygen atoms in total. The molecule has 0 bridgehead atoms. The summed E-state index contributed by atoms with van der Waals surface area (Å²) in [6, 6.07) is 3.49. The van der Waals surface area contributed by atoms with E-state index in [0.29, 0.717) is 0 Å². The average molecular weight is 406 g/mol. The first-order chi connectivity index (χ1) is 13.6. The minimum Gasteiger partial charge on any atom is -0.480 e. The van der Waals surface area contributed by atoms with Crippen molar-refractivity contribution in [2.24, 2.45) is 5.73 Å². The van der Waals surface area contributed by atoms with Gasteiger partial charge in [0.15, 0.2) is 6.04 Å². The summed E-state index contributed by atoms with van der Waals surface area (Å²) in [5.41, 5.74) is 7.69. The number of carbonyl (C=O) groups is 3. The minimum atomic E-state index is -1.58. The van der Waals surface area contributed by atoms with Crippen LogP contribution in [0.2, 0.25) is 0 Å². The number of hydrogen-bond acceptors (Lipinski definition) is 6. The van der Waals surface area contributed by atoms with E-state index in [0.717, 1.165) is 16.5 Å². The number of aromatic amines is 1. The van der Waals surface area contributed by atoms with Crippen LogP contribution in [0.5, 0.6) is 0 Å². The Morgan fingerprint density at radius 3 is 2.21 bits per heavy atom. The number of para-hydroxylation sites is 1. The zero-order valence-corrected chi connectivity index (χ0v) is 16.1. The fourth-order valence-electron chi connectivity index (χ4n) is 2.93. The molecular weight excluding hydrogens is 380 g/mol. The second-order valence-electron chi connectivity index (χ2n) is 6.96. The molecule has 1 aromatic heterocycles. The summed E-state index contributed by atoms with van der Waals surface area (Å²) in [4.78, 5) is 39.0. The number of carboxylic acids is 1. The van der Waals surface area contributed by atoms with Crippen molar-refractivity contribution in [2.45, 2.75) is 50.6 Å². The lowest BCUT2D eigenvalue weighted by Gasteiger charge is -2.25. The molecule has 0 aliphatic rings. The maximum absolute atomic E-state index is 12.5. The molecule has 10 heteroatoms. The first-order valence-corrected chi connectivity index (χ1v) is 9.12. The predicted molar refractivity (Wildman–Crippen MR) is 105 cm³/mol. The number of aliphatic hydroxyl groups is 2. The zero-order chi connectivity index (χ0) is 21.7. The lowest BCUT2D eigenvalue weighted by molar-refractivity contribution is -0.145. The number of carbonyl (C=O) groups excluding carboxylic acids is 2. The number of aromatic nitrogens is 1. The molecule has 5 unspecified atom stereocenters. The van der Waals surface area contributed by atoms with Crippen LogP contribution in [-0.2, 0) is 20.8 Å². The summed E-state index contributed by atoms with van der Waals surface area (Å²) in [6.07, 6.45) is -0.750. The maximum atomic E-state index is 12.5. The number of nitrogens with one attached hydrogen (secondary N) is 3. The van der Waals surface area contributed by atoms with E-state index in [1.165, 1.54) is 13.8 Å². The number of aliphatic hydroxyl groups excluding tert-OH is 2. The van der Waals surface area contributed by atoms with Gasteiger partial charge in [-0.05, 0) is 31.9 Å². The molecule has 0 aliphatic heterocycles. The molecule has 158 valence electrons. The Labute approximate surface area is 167 Å². The minimum absolute atomic E-state index is 0.190. The van der Waals surface area contributed by atoms with Gasteiger partial charge in [-0.25, -0.2) is 4.79 Å². The number of aliphatic carboxylic acids is 1. The Bertz CT molecular complexity index is 878. The lowest BCUT2D eigenvalue weighted by Crippen LogP contribution is -2.59. The molecule has 0 radical (unpaired) electrons. The molecule has 29 heavy (non-hydrogen) atoms. The first kappa shape index (κ1) is 22.3. The van der Waals surface area contributed by atoms with Crippen LogP contribution in [0.3, 0.4) is 0 Å². The summed E-state index contributed by atoms with van der Waals surface area (Å²) in [5, 5.41) is 33.8. The van der Waals surface area contributed by atoms with E-state index in [-0.39, 0.29) is 6.42 Å². The lowest BCUT2D eigenvalue weighted by atomic mass is 10.0. The normalized spacial score (nSPS) is 16.4. The second-order valence-corrected chi connectivity index (χ2v) is 6.96. The standard InChI is InChI=1S/C19H26N4O6/c1-9(24)15(18(27)23-16(10(2)25)19(28)29)22-17(26)13(20)7-11-8-21-14-6-4-3-5-12(11)14/h3-6,8-10,13,15-16,21,24-25H,7,20H2,1-2H3,(H,22,26)(H,23,27)(H,28,29). The average Bonchev–Trinajstić information content (AvgIpc) is 3.05. The molecule has 0 saturated heterocycles. The van der Waals surface area contributed by atoms with E-state index in [4.69, 9.17) is 10.8 Å². The van der Waals surface area contributed by atoms with Crippen molar-refractivity contribution in [1.29, 1.82) is 0 Å². The number of fused-ring (bicyclic) bond motifs is 1. The predicted octanol–water partition coefficient (Wildman–Crippen LogP) is -1.15. The van der Waals surface area contributed by atoms with Crippen LogP contribution in [-0.4, -0.2) is 68.4 Å². The van der Waals surface area contributed by atoms with Crippen LogP contribution in [0.25, 0.3) is 10.9 Å². The summed E-state index contributed by atoms with van der Waals surface area (Å²) >= 11 is 0. The smallest absolute Gasteiger partial charge is 0.328 e. The van der Waals surface area contributed by atoms with Crippen LogP contribution in [0.4, 0.5) is 0 Å². The van der Waals surface area contributed by atoms with Gasteiger partial charge >= 0.3 is 5.97 Å². The van der Waals surface area contributed by atoms with E-state index in [2.05, 4.69) is 15.6 Å². The number of rotatable bonds is 9. The molecule has 5 atom stereocenters. The highest BCUT2D eigenvalue weighted by Crippen LogP contribution is 2.18. The topological polar surface area (TPSA) is 178 Å². The number of carboxylic acid groups (broad SMARTS) is 1. The van der Waals surface area contributed by atoms with Crippen molar-refractivity contribution >= 4 is 28.7 Å². The second kappa shape index (κ2) is 9.50. The Kier molecular flexibility index (Phi) is 7.32. The fourth-order valence-corrected chi connectivity index (χ4v) is 2.93. The Morgan fingerprint density at radius 2 is 1.62 bits per heavy atom. The molecule has 8 N–H and O–H groups in total. The van der Waals surface area contributed by atoms with Gasteiger partial charge in [0.1, 0.15) is 6.04 Å².